The van der Waals surface area contributed by atoms with Crippen molar-refractivity contribution in [3.05, 3.63) is 46.4 Å². The van der Waals surface area contributed by atoms with E-state index in [1.807, 2.05) is 44.3 Å². The molecule has 1 saturated heterocycles. The molecule has 3 aromatic rings. The SMILES string of the molecule is Cc1c(-n2nnnc2SC2CCCCNC2=O)c(=O)n(-c2ccccc2)n1C. The Morgan fingerprint density at radius 1 is 1.18 bits per heavy atom. The van der Waals surface area contributed by atoms with E-state index in [9.17, 15) is 9.59 Å². The fourth-order valence-corrected chi connectivity index (χ4v) is 4.38. The quantitative estimate of drug-likeness (QED) is 0.708. The number of hydrogen-bond acceptors (Lipinski definition) is 6. The number of benzene rings is 1. The summed E-state index contributed by atoms with van der Waals surface area (Å²) in [5.41, 5.74) is 1.65. The van der Waals surface area contributed by atoms with Crippen molar-refractivity contribution < 1.29 is 4.79 Å². The lowest BCUT2D eigenvalue weighted by atomic mass is 10.2. The molecule has 2 aromatic heterocycles. The van der Waals surface area contributed by atoms with Gasteiger partial charge in [0.25, 0.3) is 5.56 Å². The summed E-state index contributed by atoms with van der Waals surface area (Å²) in [6.07, 6.45) is 2.68. The zero-order valence-corrected chi connectivity index (χ0v) is 16.5. The minimum atomic E-state index is -0.271. The molecule has 0 radical (unpaired) electrons. The summed E-state index contributed by atoms with van der Waals surface area (Å²) in [6.45, 7) is 2.55. The molecule has 28 heavy (non-hydrogen) atoms. The van der Waals surface area contributed by atoms with E-state index in [2.05, 4.69) is 20.8 Å². The third-order valence-electron chi connectivity index (χ3n) is 4.91. The highest BCUT2D eigenvalue weighted by molar-refractivity contribution is 8.00. The summed E-state index contributed by atoms with van der Waals surface area (Å²) in [4.78, 5) is 25.5. The van der Waals surface area contributed by atoms with Gasteiger partial charge >= 0.3 is 0 Å². The van der Waals surface area contributed by atoms with Gasteiger partial charge in [-0.2, -0.15) is 4.68 Å². The van der Waals surface area contributed by atoms with Gasteiger partial charge in [-0.3, -0.25) is 14.3 Å². The van der Waals surface area contributed by atoms with Crippen molar-refractivity contribution in [1.29, 1.82) is 0 Å². The van der Waals surface area contributed by atoms with Crippen LogP contribution in [0.1, 0.15) is 25.0 Å². The number of amides is 1. The molecule has 1 N–H and O–H groups in total. The van der Waals surface area contributed by atoms with Crippen LogP contribution < -0.4 is 10.9 Å². The Labute approximate surface area is 165 Å². The Kier molecular flexibility index (Phi) is 5.03. The number of nitrogens with zero attached hydrogens (tertiary/aromatic N) is 6. The number of rotatable bonds is 4. The van der Waals surface area contributed by atoms with Gasteiger partial charge in [-0.05, 0) is 42.3 Å². The van der Waals surface area contributed by atoms with Gasteiger partial charge in [0.15, 0.2) is 5.69 Å². The van der Waals surface area contributed by atoms with Crippen LogP contribution in [0, 0.1) is 6.92 Å². The molecular weight excluding hydrogens is 378 g/mol. The molecule has 9 nitrogen and oxygen atoms in total. The van der Waals surface area contributed by atoms with Crippen LogP contribution >= 0.6 is 11.8 Å². The van der Waals surface area contributed by atoms with Gasteiger partial charge in [0.2, 0.25) is 11.1 Å². The van der Waals surface area contributed by atoms with Crippen molar-refractivity contribution in [2.75, 3.05) is 6.54 Å². The highest BCUT2D eigenvalue weighted by Crippen LogP contribution is 2.27. The molecule has 146 valence electrons. The van der Waals surface area contributed by atoms with Gasteiger partial charge in [0.05, 0.1) is 16.6 Å². The minimum Gasteiger partial charge on any atom is -0.355 e. The lowest BCUT2D eigenvalue weighted by molar-refractivity contribution is -0.120. The van der Waals surface area contributed by atoms with Crippen molar-refractivity contribution in [2.24, 2.45) is 7.05 Å². The molecule has 0 aliphatic carbocycles. The second kappa shape index (κ2) is 7.63. The second-order valence-corrected chi connectivity index (χ2v) is 7.85. The maximum Gasteiger partial charge on any atom is 0.297 e. The lowest BCUT2D eigenvalue weighted by Gasteiger charge is -2.11. The van der Waals surface area contributed by atoms with Crippen molar-refractivity contribution in [3.63, 3.8) is 0 Å². The number of carbonyl (C=O) groups excluding carboxylic acids is 1. The smallest absolute Gasteiger partial charge is 0.297 e. The first kappa shape index (κ1) is 18.5. The summed E-state index contributed by atoms with van der Waals surface area (Å²) < 4.78 is 4.81. The van der Waals surface area contributed by atoms with E-state index < -0.39 is 0 Å². The van der Waals surface area contributed by atoms with Crippen LogP contribution in [0.15, 0.2) is 40.3 Å². The average molecular weight is 399 g/mol. The summed E-state index contributed by atoms with van der Waals surface area (Å²) in [5, 5.41) is 15.0. The molecule has 1 aliphatic heterocycles. The van der Waals surface area contributed by atoms with Crippen molar-refractivity contribution in [2.45, 2.75) is 36.6 Å². The molecule has 1 aliphatic rings. The number of hydrogen-bond donors (Lipinski definition) is 1. The van der Waals surface area contributed by atoms with Crippen LogP contribution in [0.5, 0.6) is 0 Å². The monoisotopic (exact) mass is 399 g/mol. The Morgan fingerprint density at radius 2 is 1.96 bits per heavy atom. The van der Waals surface area contributed by atoms with Crippen LogP contribution in [-0.4, -0.2) is 47.3 Å². The van der Waals surface area contributed by atoms with Crippen LogP contribution in [0.3, 0.4) is 0 Å². The van der Waals surface area contributed by atoms with Gasteiger partial charge in [-0.1, -0.05) is 36.4 Å². The van der Waals surface area contributed by atoms with Crippen molar-refractivity contribution in [3.8, 4) is 11.4 Å². The predicted octanol–water partition coefficient (Wildman–Crippen LogP) is 1.22. The molecular formula is C18H21N7O2S. The number of thioether (sulfide) groups is 1. The maximum absolute atomic E-state index is 13.2. The first-order valence-electron chi connectivity index (χ1n) is 9.15. The first-order valence-corrected chi connectivity index (χ1v) is 10.0. The topological polar surface area (TPSA) is 99.6 Å². The molecule has 4 rings (SSSR count). The largest absolute Gasteiger partial charge is 0.355 e. The van der Waals surface area contributed by atoms with Crippen LogP contribution in [0.25, 0.3) is 11.4 Å². The third kappa shape index (κ3) is 3.24. The highest BCUT2D eigenvalue weighted by Gasteiger charge is 2.27. The lowest BCUT2D eigenvalue weighted by Crippen LogP contribution is -2.31. The Morgan fingerprint density at radius 3 is 2.75 bits per heavy atom. The summed E-state index contributed by atoms with van der Waals surface area (Å²) >= 11 is 1.30. The number of tetrazole rings is 1. The fourth-order valence-electron chi connectivity index (χ4n) is 3.34. The van der Waals surface area contributed by atoms with E-state index in [0.29, 0.717) is 17.4 Å². The number of para-hydroxylation sites is 1. The molecule has 10 heteroatoms. The number of aromatic nitrogens is 6. The van der Waals surface area contributed by atoms with Crippen LogP contribution in [0.4, 0.5) is 0 Å². The van der Waals surface area contributed by atoms with E-state index in [4.69, 9.17) is 0 Å². The molecule has 0 spiro atoms. The number of carbonyl (C=O) groups is 1. The third-order valence-corrected chi connectivity index (χ3v) is 6.11. The summed E-state index contributed by atoms with van der Waals surface area (Å²) in [5.74, 6) is -0.0106. The van der Waals surface area contributed by atoms with E-state index in [1.54, 1.807) is 9.36 Å². The zero-order valence-electron chi connectivity index (χ0n) is 15.7. The van der Waals surface area contributed by atoms with E-state index in [-0.39, 0.29) is 16.7 Å². The first-order chi connectivity index (χ1) is 13.6. The van der Waals surface area contributed by atoms with E-state index in [1.165, 1.54) is 16.4 Å². The molecule has 0 bridgehead atoms. The summed E-state index contributed by atoms with van der Waals surface area (Å²) in [7, 11) is 1.82. The van der Waals surface area contributed by atoms with E-state index >= 15 is 0 Å². The Bertz CT molecular complexity index is 1050. The molecule has 1 unspecified atom stereocenters. The van der Waals surface area contributed by atoms with Crippen molar-refractivity contribution in [1.82, 2.24) is 34.9 Å². The molecule has 1 atom stereocenters. The molecule has 1 fully saturated rings. The van der Waals surface area contributed by atoms with Gasteiger partial charge in [-0.25, -0.2) is 4.68 Å². The highest BCUT2D eigenvalue weighted by atomic mass is 32.2. The molecule has 1 aromatic carbocycles. The maximum atomic E-state index is 13.2. The Hall–Kier alpha value is -2.88. The van der Waals surface area contributed by atoms with Crippen molar-refractivity contribution >= 4 is 17.7 Å². The molecule has 1 amide bonds. The zero-order chi connectivity index (χ0) is 19.7. The van der Waals surface area contributed by atoms with E-state index in [0.717, 1.165) is 30.6 Å². The van der Waals surface area contributed by atoms with Crippen LogP contribution in [0.2, 0.25) is 0 Å². The minimum absolute atomic E-state index is 0.0106. The van der Waals surface area contributed by atoms with Gasteiger partial charge in [0, 0.05) is 13.6 Å². The Balaban J connectivity index is 1.75. The molecule has 0 saturated carbocycles. The average Bonchev–Trinajstić information content (AvgIpc) is 3.15. The predicted molar refractivity (Wildman–Crippen MR) is 105 cm³/mol. The summed E-state index contributed by atoms with van der Waals surface area (Å²) in [6, 6.07) is 9.41. The fraction of sp³-hybridized carbons (Fsp3) is 0.389. The molecule has 3 heterocycles. The van der Waals surface area contributed by atoms with Gasteiger partial charge < -0.3 is 5.32 Å². The second-order valence-electron chi connectivity index (χ2n) is 6.68. The number of nitrogens with one attached hydrogen (secondary N) is 1. The van der Waals surface area contributed by atoms with Gasteiger partial charge in [0.1, 0.15) is 0 Å². The standard InChI is InChI=1S/C18H21N7O2S/c1-12-15(17(27)25(23(12)2)13-8-4-3-5-9-13)24-18(20-21-22-24)28-14-10-6-7-11-19-16(14)26/h3-5,8-9,14H,6-7,10-11H2,1-2H3,(H,19,26). The van der Waals surface area contributed by atoms with Gasteiger partial charge in [-0.15, -0.1) is 5.10 Å². The van der Waals surface area contributed by atoms with Crippen LogP contribution in [-0.2, 0) is 11.8 Å². The normalized spacial score (nSPS) is 17.4.